The average molecular weight is 388 g/mol. The number of azo groups is 1. The molecule has 7 nitrogen and oxygen atoms in total. The van der Waals surface area contributed by atoms with Gasteiger partial charge in [-0.25, -0.2) is 8.60 Å². The normalized spacial score (nSPS) is 12.6. The number of aromatic hydroxyl groups is 1. The van der Waals surface area contributed by atoms with E-state index in [0.717, 1.165) is 23.1 Å². The second-order valence-electron chi connectivity index (χ2n) is 6.01. The number of hydrogen-bond acceptors (Lipinski definition) is 6. The first-order valence-electron chi connectivity index (χ1n) is 7.87. The lowest BCUT2D eigenvalue weighted by atomic mass is 10.0. The number of nitrogen functional groups attached to an aromatic ring is 1. The third-order valence-electron chi connectivity index (χ3n) is 4.04. The molecule has 0 aliphatic carbocycles. The van der Waals surface area contributed by atoms with E-state index < -0.39 is 16.9 Å². The minimum Gasteiger partial charge on any atom is -0.505 e. The maximum atomic E-state index is 13.8. The molecule has 0 aliphatic rings. The summed E-state index contributed by atoms with van der Waals surface area (Å²) in [6.07, 6.45) is 0. The number of halogens is 1. The molecule has 27 heavy (non-hydrogen) atoms. The number of nitrogens with one attached hydrogen (secondary N) is 1. The van der Waals surface area contributed by atoms with Crippen LogP contribution in [0.25, 0.3) is 10.8 Å². The SMILES string of the molecule is Cc1cc(NN)c2c(O)c(N=Nc3ccc(S(=O)O)c(F)c3)c(C)cc2c1. The van der Waals surface area contributed by atoms with Gasteiger partial charge in [0.25, 0.3) is 0 Å². The second kappa shape index (κ2) is 7.39. The lowest BCUT2D eigenvalue weighted by molar-refractivity contribution is 0.482. The highest BCUT2D eigenvalue weighted by atomic mass is 32.2. The van der Waals surface area contributed by atoms with Crippen molar-refractivity contribution in [2.75, 3.05) is 5.43 Å². The largest absolute Gasteiger partial charge is 0.505 e. The van der Waals surface area contributed by atoms with E-state index in [1.54, 1.807) is 13.0 Å². The van der Waals surface area contributed by atoms with Gasteiger partial charge in [-0.3, -0.25) is 5.84 Å². The van der Waals surface area contributed by atoms with Crippen molar-refractivity contribution in [3.63, 3.8) is 0 Å². The van der Waals surface area contributed by atoms with Crippen molar-refractivity contribution in [3.05, 3.63) is 53.3 Å². The Morgan fingerprint density at radius 1 is 1.15 bits per heavy atom. The van der Waals surface area contributed by atoms with Crippen LogP contribution < -0.4 is 11.3 Å². The van der Waals surface area contributed by atoms with Gasteiger partial charge in [0.15, 0.2) is 16.8 Å². The quantitative estimate of drug-likeness (QED) is 0.226. The highest BCUT2D eigenvalue weighted by Crippen LogP contribution is 2.42. The fourth-order valence-electron chi connectivity index (χ4n) is 2.84. The third-order valence-corrected chi connectivity index (χ3v) is 4.75. The Hall–Kier alpha value is -2.88. The third kappa shape index (κ3) is 3.65. The summed E-state index contributed by atoms with van der Waals surface area (Å²) in [5, 5.41) is 19.9. The second-order valence-corrected chi connectivity index (χ2v) is 6.95. The van der Waals surface area contributed by atoms with Gasteiger partial charge < -0.3 is 15.1 Å². The van der Waals surface area contributed by atoms with Gasteiger partial charge >= 0.3 is 0 Å². The average Bonchev–Trinajstić information content (AvgIpc) is 2.60. The van der Waals surface area contributed by atoms with E-state index in [-0.39, 0.29) is 22.0 Å². The zero-order valence-corrected chi connectivity index (χ0v) is 15.3. The van der Waals surface area contributed by atoms with Gasteiger partial charge in [0.1, 0.15) is 16.4 Å². The summed E-state index contributed by atoms with van der Waals surface area (Å²) in [5.74, 6) is 4.59. The van der Waals surface area contributed by atoms with Crippen LogP contribution in [0, 0.1) is 19.7 Å². The van der Waals surface area contributed by atoms with Crippen molar-refractivity contribution >= 4 is 38.9 Å². The van der Waals surface area contributed by atoms with E-state index in [9.17, 15) is 13.7 Å². The standard InChI is InChI=1S/C18H17FN4O3S/c1-9-5-11-7-10(2)17(18(24)16(11)14(6-9)21-20)23-22-12-3-4-15(27(25)26)13(19)8-12/h3-8,21,24H,20H2,1-2H3,(H,25,26). The van der Waals surface area contributed by atoms with Crippen molar-refractivity contribution in [3.8, 4) is 5.75 Å². The highest BCUT2D eigenvalue weighted by molar-refractivity contribution is 7.79. The van der Waals surface area contributed by atoms with Crippen LogP contribution in [-0.2, 0) is 11.1 Å². The predicted molar refractivity (Wildman–Crippen MR) is 103 cm³/mol. The minimum absolute atomic E-state index is 0.102. The molecular weight excluding hydrogens is 371 g/mol. The van der Waals surface area contributed by atoms with Crippen LogP contribution in [-0.4, -0.2) is 13.9 Å². The first kappa shape index (κ1) is 18.9. The summed E-state index contributed by atoms with van der Waals surface area (Å²) >= 11 is -2.42. The van der Waals surface area contributed by atoms with Crippen LogP contribution in [0.2, 0.25) is 0 Å². The highest BCUT2D eigenvalue weighted by Gasteiger charge is 2.14. The number of aryl methyl sites for hydroxylation is 2. The van der Waals surface area contributed by atoms with E-state index in [2.05, 4.69) is 15.7 Å². The molecular formula is C18H17FN4O3S. The molecule has 0 bridgehead atoms. The van der Waals surface area contributed by atoms with Gasteiger partial charge in [-0.05, 0) is 54.6 Å². The molecule has 0 amide bonds. The Bertz CT molecular complexity index is 1100. The first-order valence-corrected chi connectivity index (χ1v) is 8.98. The number of anilines is 1. The van der Waals surface area contributed by atoms with Crippen molar-refractivity contribution in [1.82, 2.24) is 0 Å². The summed E-state index contributed by atoms with van der Waals surface area (Å²) in [6.45, 7) is 3.68. The van der Waals surface area contributed by atoms with Gasteiger partial charge in [-0.15, -0.1) is 5.11 Å². The van der Waals surface area contributed by atoms with E-state index in [1.165, 1.54) is 6.07 Å². The summed E-state index contributed by atoms with van der Waals surface area (Å²) in [7, 11) is 0. The molecule has 0 saturated heterocycles. The number of hydrazine groups is 1. The maximum Gasteiger partial charge on any atom is 0.189 e. The number of benzene rings is 3. The molecule has 9 heteroatoms. The van der Waals surface area contributed by atoms with Gasteiger partial charge in [0, 0.05) is 6.07 Å². The zero-order valence-electron chi connectivity index (χ0n) is 14.5. The number of phenolic OH excluding ortho intramolecular Hbond substituents is 1. The van der Waals surface area contributed by atoms with Gasteiger partial charge in [-0.1, -0.05) is 6.07 Å². The number of nitrogens with two attached hydrogens (primary N) is 1. The Labute approximate surface area is 157 Å². The molecule has 140 valence electrons. The molecule has 5 N–H and O–H groups in total. The lowest BCUT2D eigenvalue weighted by Gasteiger charge is -2.12. The maximum absolute atomic E-state index is 13.8. The Balaban J connectivity index is 2.09. The van der Waals surface area contributed by atoms with Crippen LogP contribution >= 0.6 is 0 Å². The van der Waals surface area contributed by atoms with E-state index in [4.69, 9.17) is 10.4 Å². The molecule has 1 unspecified atom stereocenters. The monoisotopic (exact) mass is 388 g/mol. The fourth-order valence-corrected chi connectivity index (χ4v) is 3.25. The van der Waals surface area contributed by atoms with Gasteiger partial charge in [0.05, 0.1) is 16.8 Å². The van der Waals surface area contributed by atoms with Crippen molar-refractivity contribution < 1.29 is 18.3 Å². The van der Waals surface area contributed by atoms with Crippen LogP contribution in [0.15, 0.2) is 51.5 Å². The number of fused-ring (bicyclic) bond motifs is 1. The van der Waals surface area contributed by atoms with E-state index in [1.807, 2.05) is 19.1 Å². The molecule has 0 heterocycles. The molecule has 0 radical (unpaired) electrons. The van der Waals surface area contributed by atoms with Crippen LogP contribution in [0.3, 0.4) is 0 Å². The number of phenols is 1. The Kier molecular flexibility index (Phi) is 5.17. The molecule has 0 aliphatic heterocycles. The van der Waals surface area contributed by atoms with E-state index >= 15 is 0 Å². The van der Waals surface area contributed by atoms with Crippen molar-refractivity contribution in [1.29, 1.82) is 0 Å². The van der Waals surface area contributed by atoms with Crippen molar-refractivity contribution in [2.24, 2.45) is 16.1 Å². The van der Waals surface area contributed by atoms with Crippen LogP contribution in [0.4, 0.5) is 21.5 Å². The number of hydrogen-bond donors (Lipinski definition) is 4. The molecule has 0 spiro atoms. The molecule has 0 aromatic heterocycles. The fraction of sp³-hybridized carbons (Fsp3) is 0.111. The molecule has 3 aromatic carbocycles. The topological polar surface area (TPSA) is 120 Å². The summed E-state index contributed by atoms with van der Waals surface area (Å²) in [4.78, 5) is -0.340. The number of nitrogens with zero attached hydrogens (tertiary/aromatic N) is 2. The van der Waals surface area contributed by atoms with Crippen LogP contribution in [0.1, 0.15) is 11.1 Å². The summed E-state index contributed by atoms with van der Waals surface area (Å²) in [6, 6.07) is 9.06. The van der Waals surface area contributed by atoms with Crippen molar-refractivity contribution in [2.45, 2.75) is 18.7 Å². The lowest BCUT2D eigenvalue weighted by Crippen LogP contribution is -2.07. The van der Waals surface area contributed by atoms with E-state index in [0.29, 0.717) is 16.6 Å². The molecule has 0 saturated carbocycles. The predicted octanol–water partition coefficient (Wildman–Crippen LogP) is 4.58. The molecule has 3 aromatic rings. The minimum atomic E-state index is -2.42. The molecule has 1 atom stereocenters. The summed E-state index contributed by atoms with van der Waals surface area (Å²) in [5.41, 5.74) is 5.11. The first-order chi connectivity index (χ1) is 12.8. The zero-order chi connectivity index (χ0) is 19.7. The smallest absolute Gasteiger partial charge is 0.189 e. The molecule has 0 fully saturated rings. The number of rotatable bonds is 4. The van der Waals surface area contributed by atoms with Crippen LogP contribution in [0.5, 0.6) is 5.75 Å². The van der Waals surface area contributed by atoms with Gasteiger partial charge in [-0.2, -0.15) is 5.11 Å². The summed E-state index contributed by atoms with van der Waals surface area (Å²) < 4.78 is 33.8. The Morgan fingerprint density at radius 2 is 1.89 bits per heavy atom. The Morgan fingerprint density at radius 3 is 2.52 bits per heavy atom. The van der Waals surface area contributed by atoms with Gasteiger partial charge in [0.2, 0.25) is 0 Å². The molecule has 3 rings (SSSR count).